The third-order valence-electron chi connectivity index (χ3n) is 1.80. The van der Waals surface area contributed by atoms with Crippen LogP contribution in [-0.4, -0.2) is 24.9 Å². The van der Waals surface area contributed by atoms with Gasteiger partial charge in [0, 0.05) is 0 Å². The van der Waals surface area contributed by atoms with Crippen LogP contribution in [-0.2, 0) is 14.3 Å². The average molecular weight is 222 g/mol. The lowest BCUT2D eigenvalue weighted by atomic mass is 10.2. The highest BCUT2D eigenvalue weighted by molar-refractivity contribution is 6.39. The molecule has 6 heteroatoms. The molecule has 0 aromatic heterocycles. The van der Waals surface area contributed by atoms with E-state index >= 15 is 0 Å². The summed E-state index contributed by atoms with van der Waals surface area (Å²) in [7, 11) is 1.22. The number of esters is 1. The van der Waals surface area contributed by atoms with Crippen molar-refractivity contribution in [1.29, 1.82) is 0 Å². The van der Waals surface area contributed by atoms with Gasteiger partial charge in [0.1, 0.15) is 0 Å². The van der Waals surface area contributed by atoms with Crippen LogP contribution in [0.4, 0.5) is 5.69 Å². The van der Waals surface area contributed by atoms with E-state index in [1.165, 1.54) is 19.2 Å². The van der Waals surface area contributed by atoms with Gasteiger partial charge in [-0.3, -0.25) is 9.59 Å². The molecule has 6 nitrogen and oxygen atoms in total. The molecule has 16 heavy (non-hydrogen) atoms. The van der Waals surface area contributed by atoms with Crippen molar-refractivity contribution in [1.82, 2.24) is 0 Å². The normalized spacial score (nSPS) is 9.31. The summed E-state index contributed by atoms with van der Waals surface area (Å²) >= 11 is 0. The van der Waals surface area contributed by atoms with Crippen molar-refractivity contribution >= 4 is 23.5 Å². The van der Waals surface area contributed by atoms with Crippen LogP contribution < -0.4 is 11.1 Å². The first-order valence-corrected chi connectivity index (χ1v) is 4.34. The van der Waals surface area contributed by atoms with Crippen LogP contribution in [0.15, 0.2) is 24.3 Å². The van der Waals surface area contributed by atoms with Gasteiger partial charge in [-0.05, 0) is 12.1 Å². The van der Waals surface area contributed by atoms with Crippen molar-refractivity contribution in [3.8, 4) is 0 Å². The molecule has 0 saturated carbocycles. The first-order chi connectivity index (χ1) is 7.56. The maximum Gasteiger partial charge on any atom is 0.339 e. The Hall–Kier alpha value is -2.37. The number of hydrogen-bond donors (Lipinski definition) is 2. The second-order valence-electron chi connectivity index (χ2n) is 2.86. The monoisotopic (exact) mass is 222 g/mol. The van der Waals surface area contributed by atoms with Gasteiger partial charge in [-0.25, -0.2) is 4.79 Å². The zero-order valence-corrected chi connectivity index (χ0v) is 8.52. The fraction of sp³-hybridized carbons (Fsp3) is 0.100. The summed E-state index contributed by atoms with van der Waals surface area (Å²) in [6.45, 7) is 0. The molecule has 0 unspecified atom stereocenters. The third-order valence-corrected chi connectivity index (χ3v) is 1.80. The quantitative estimate of drug-likeness (QED) is 0.539. The van der Waals surface area contributed by atoms with E-state index in [0.717, 1.165) is 0 Å². The van der Waals surface area contributed by atoms with Gasteiger partial charge in [-0.2, -0.15) is 0 Å². The fourth-order valence-electron chi connectivity index (χ4n) is 1.06. The van der Waals surface area contributed by atoms with E-state index in [-0.39, 0.29) is 11.3 Å². The van der Waals surface area contributed by atoms with Crippen molar-refractivity contribution in [2.45, 2.75) is 0 Å². The number of nitrogens with two attached hydrogens (primary N) is 1. The molecular weight excluding hydrogens is 212 g/mol. The van der Waals surface area contributed by atoms with Gasteiger partial charge in [0.2, 0.25) is 0 Å². The van der Waals surface area contributed by atoms with E-state index in [2.05, 4.69) is 10.1 Å². The smallest absolute Gasteiger partial charge is 0.339 e. The number of anilines is 1. The third kappa shape index (κ3) is 2.57. The molecule has 0 saturated heterocycles. The number of nitrogens with one attached hydrogen (secondary N) is 1. The molecule has 3 N–H and O–H groups in total. The van der Waals surface area contributed by atoms with E-state index in [1.54, 1.807) is 12.1 Å². The standard InChI is InChI=1S/C10H10N2O4/c1-16-10(15)6-4-2-3-5-7(6)12-9(14)8(11)13/h2-5H,1H3,(H2,11,13)(H,12,14). The van der Waals surface area contributed by atoms with Crippen molar-refractivity contribution in [2.75, 3.05) is 12.4 Å². The highest BCUT2D eigenvalue weighted by Crippen LogP contribution is 2.15. The molecule has 0 fully saturated rings. The Morgan fingerprint density at radius 2 is 1.88 bits per heavy atom. The van der Waals surface area contributed by atoms with Crippen molar-refractivity contribution in [3.63, 3.8) is 0 Å². The van der Waals surface area contributed by atoms with Gasteiger partial charge < -0.3 is 15.8 Å². The van der Waals surface area contributed by atoms with Crippen molar-refractivity contribution < 1.29 is 19.1 Å². The van der Waals surface area contributed by atoms with Crippen LogP contribution >= 0.6 is 0 Å². The molecule has 0 radical (unpaired) electrons. The van der Waals surface area contributed by atoms with Crippen LogP contribution in [0.2, 0.25) is 0 Å². The maximum atomic E-state index is 11.3. The van der Waals surface area contributed by atoms with Gasteiger partial charge >= 0.3 is 17.8 Å². The number of para-hydroxylation sites is 1. The summed E-state index contributed by atoms with van der Waals surface area (Å²) in [6.07, 6.45) is 0. The lowest BCUT2D eigenvalue weighted by molar-refractivity contribution is -0.134. The SMILES string of the molecule is COC(=O)c1ccccc1NC(=O)C(N)=O. The molecule has 0 heterocycles. The zero-order chi connectivity index (χ0) is 12.1. The average Bonchev–Trinajstić information content (AvgIpc) is 2.28. The van der Waals surface area contributed by atoms with E-state index < -0.39 is 17.8 Å². The summed E-state index contributed by atoms with van der Waals surface area (Å²) in [5.41, 5.74) is 5.11. The lowest BCUT2D eigenvalue weighted by Crippen LogP contribution is -2.30. The summed E-state index contributed by atoms with van der Waals surface area (Å²) in [5, 5.41) is 2.21. The molecule has 0 aliphatic heterocycles. The minimum absolute atomic E-state index is 0.152. The van der Waals surface area contributed by atoms with E-state index in [9.17, 15) is 14.4 Å². The predicted octanol–water partition coefficient (Wildman–Crippen LogP) is -0.103. The Bertz CT molecular complexity index is 442. The molecule has 2 amide bonds. The number of carbonyl (C=O) groups excluding carboxylic acids is 3. The van der Waals surface area contributed by atoms with E-state index in [1.807, 2.05) is 0 Å². The number of carbonyl (C=O) groups is 3. The molecule has 1 rings (SSSR count). The topological polar surface area (TPSA) is 98.5 Å². The Labute approximate surface area is 91.4 Å². The van der Waals surface area contributed by atoms with Crippen LogP contribution in [0.1, 0.15) is 10.4 Å². The number of rotatable bonds is 2. The number of ether oxygens (including phenoxy) is 1. The summed E-state index contributed by atoms with van der Waals surface area (Å²) < 4.78 is 4.51. The second-order valence-corrected chi connectivity index (χ2v) is 2.86. The van der Waals surface area contributed by atoms with Crippen LogP contribution in [0.3, 0.4) is 0 Å². The Morgan fingerprint density at radius 3 is 2.44 bits per heavy atom. The number of primary amides is 1. The first-order valence-electron chi connectivity index (χ1n) is 4.34. The van der Waals surface area contributed by atoms with Gasteiger partial charge in [-0.1, -0.05) is 12.1 Å². The molecule has 0 aliphatic rings. The van der Waals surface area contributed by atoms with Crippen LogP contribution in [0.25, 0.3) is 0 Å². The lowest BCUT2D eigenvalue weighted by Gasteiger charge is -2.07. The molecule has 0 bridgehead atoms. The van der Waals surface area contributed by atoms with Crippen molar-refractivity contribution in [3.05, 3.63) is 29.8 Å². The molecule has 0 aliphatic carbocycles. The predicted molar refractivity (Wildman–Crippen MR) is 55.6 cm³/mol. The highest BCUT2D eigenvalue weighted by Gasteiger charge is 2.15. The van der Waals surface area contributed by atoms with E-state index in [4.69, 9.17) is 5.73 Å². The molecular formula is C10H10N2O4. The summed E-state index contributed by atoms with van der Waals surface area (Å²) in [6, 6.07) is 6.13. The van der Waals surface area contributed by atoms with Gasteiger partial charge in [0.15, 0.2) is 0 Å². The zero-order valence-electron chi connectivity index (χ0n) is 8.52. The summed E-state index contributed by atoms with van der Waals surface area (Å²) in [5.74, 6) is -2.73. The van der Waals surface area contributed by atoms with E-state index in [0.29, 0.717) is 0 Å². The number of methoxy groups -OCH3 is 1. The van der Waals surface area contributed by atoms with Crippen LogP contribution in [0, 0.1) is 0 Å². The minimum Gasteiger partial charge on any atom is -0.465 e. The Kier molecular flexibility index (Phi) is 3.60. The Morgan fingerprint density at radius 1 is 1.25 bits per heavy atom. The fourth-order valence-corrected chi connectivity index (χ4v) is 1.06. The largest absolute Gasteiger partial charge is 0.465 e. The van der Waals surface area contributed by atoms with Crippen LogP contribution in [0.5, 0.6) is 0 Å². The van der Waals surface area contributed by atoms with Gasteiger partial charge in [0.25, 0.3) is 0 Å². The maximum absolute atomic E-state index is 11.3. The molecule has 1 aromatic rings. The van der Waals surface area contributed by atoms with Gasteiger partial charge in [0.05, 0.1) is 18.4 Å². The minimum atomic E-state index is -1.13. The molecule has 84 valence electrons. The molecule has 1 aromatic carbocycles. The molecule has 0 spiro atoms. The summed E-state index contributed by atoms with van der Waals surface area (Å²) in [4.78, 5) is 32.9. The molecule has 0 atom stereocenters. The Balaban J connectivity index is 3.00. The first kappa shape index (κ1) is 11.7. The number of amides is 2. The van der Waals surface area contributed by atoms with Gasteiger partial charge in [-0.15, -0.1) is 0 Å². The van der Waals surface area contributed by atoms with Crippen molar-refractivity contribution in [2.24, 2.45) is 5.73 Å². The second kappa shape index (κ2) is 4.92. The highest BCUT2D eigenvalue weighted by atomic mass is 16.5. The number of hydrogen-bond acceptors (Lipinski definition) is 4. The number of benzene rings is 1.